The molecule has 51 heavy (non-hydrogen) atoms. The molecule has 13 nitrogen and oxygen atoms in total. The van der Waals surface area contributed by atoms with Gasteiger partial charge in [0.1, 0.15) is 17.3 Å². The zero-order valence-corrected chi connectivity index (χ0v) is 29.6. The molecule has 0 spiro atoms. The van der Waals surface area contributed by atoms with Crippen LogP contribution in [0.25, 0.3) is 11.3 Å². The average molecular weight is 709 g/mol. The van der Waals surface area contributed by atoms with Gasteiger partial charge in [0.2, 0.25) is 21.9 Å². The summed E-state index contributed by atoms with van der Waals surface area (Å²) >= 11 is 0. The number of hydrogen-bond acceptors (Lipinski definition) is 12. The van der Waals surface area contributed by atoms with Gasteiger partial charge in [-0.2, -0.15) is 4.98 Å². The Morgan fingerprint density at radius 1 is 0.843 bits per heavy atom. The Morgan fingerprint density at radius 2 is 1.47 bits per heavy atom. The van der Waals surface area contributed by atoms with Crippen LogP contribution in [0.2, 0.25) is 0 Å². The summed E-state index contributed by atoms with van der Waals surface area (Å²) in [5, 5.41) is 0. The van der Waals surface area contributed by atoms with Crippen LogP contribution >= 0.6 is 0 Å². The molecule has 2 aromatic heterocycles. The van der Waals surface area contributed by atoms with Crippen LogP contribution in [-0.2, 0) is 34.3 Å². The first-order chi connectivity index (χ1) is 24.8. The second-order valence-corrected chi connectivity index (χ2v) is 14.2. The molecule has 0 radical (unpaired) electrons. The number of hydrogen-bond donors (Lipinski definition) is 1. The topological polar surface area (TPSA) is 135 Å². The van der Waals surface area contributed by atoms with E-state index in [0.29, 0.717) is 69.9 Å². The van der Waals surface area contributed by atoms with Gasteiger partial charge >= 0.3 is 0 Å². The number of ether oxygens (including phenoxy) is 3. The van der Waals surface area contributed by atoms with E-state index in [1.165, 1.54) is 0 Å². The van der Waals surface area contributed by atoms with Crippen LogP contribution in [0.1, 0.15) is 16.7 Å². The molecule has 2 aliphatic rings. The van der Waals surface area contributed by atoms with Crippen LogP contribution in [-0.4, -0.2) is 81.7 Å². The fraction of sp³-hybridized carbons (Fsp3) is 0.297. The molecule has 1 saturated heterocycles. The third-order valence-corrected chi connectivity index (χ3v) is 9.44. The predicted octanol–water partition coefficient (Wildman–Crippen LogP) is 5.06. The summed E-state index contributed by atoms with van der Waals surface area (Å²) in [6.45, 7) is 4.36. The molecule has 0 bridgehead atoms. The Kier molecular flexibility index (Phi) is 9.86. The second-order valence-electron chi connectivity index (χ2n) is 12.4. The van der Waals surface area contributed by atoms with Crippen molar-refractivity contribution in [3.8, 4) is 22.8 Å². The molecule has 5 aromatic rings. The van der Waals surface area contributed by atoms with Crippen LogP contribution in [0.15, 0.2) is 85.2 Å². The van der Waals surface area contributed by atoms with Crippen molar-refractivity contribution in [3.05, 3.63) is 102 Å². The number of nitrogens with one attached hydrogen (secondary N) is 1. The quantitative estimate of drug-likeness (QED) is 0.186. The van der Waals surface area contributed by atoms with E-state index >= 15 is 0 Å². The van der Waals surface area contributed by atoms with E-state index in [0.717, 1.165) is 57.2 Å². The minimum absolute atomic E-state index is 0.490. The summed E-state index contributed by atoms with van der Waals surface area (Å²) in [5.74, 6) is 3.57. The minimum atomic E-state index is -3.43. The van der Waals surface area contributed by atoms with E-state index in [1.54, 1.807) is 20.3 Å². The maximum absolute atomic E-state index is 12.0. The number of fused-ring (bicyclic) bond motifs is 1. The number of aromatic nitrogens is 4. The number of morpholine rings is 1. The highest BCUT2D eigenvalue weighted by molar-refractivity contribution is 7.92. The van der Waals surface area contributed by atoms with Gasteiger partial charge in [-0.3, -0.25) is 4.72 Å². The van der Waals surface area contributed by atoms with Crippen LogP contribution in [0.4, 0.5) is 29.1 Å². The number of rotatable bonds is 12. The van der Waals surface area contributed by atoms with Crippen molar-refractivity contribution in [3.63, 3.8) is 0 Å². The summed E-state index contributed by atoms with van der Waals surface area (Å²) in [6.07, 6.45) is 5.51. The number of nitrogens with zero attached hydrogens (tertiary/aromatic N) is 7. The summed E-state index contributed by atoms with van der Waals surface area (Å²) in [4.78, 5) is 26.3. The van der Waals surface area contributed by atoms with Gasteiger partial charge in [-0.15, -0.1) is 0 Å². The van der Waals surface area contributed by atoms with Crippen molar-refractivity contribution in [2.24, 2.45) is 0 Å². The zero-order chi connectivity index (χ0) is 35.4. The Hall–Kier alpha value is -5.47. The van der Waals surface area contributed by atoms with Gasteiger partial charge in [-0.05, 0) is 60.0 Å². The molecular weight excluding hydrogens is 669 g/mol. The summed E-state index contributed by atoms with van der Waals surface area (Å²) in [5.41, 5.74) is 6.06. The minimum Gasteiger partial charge on any atom is -0.497 e. The van der Waals surface area contributed by atoms with Crippen molar-refractivity contribution in [1.82, 2.24) is 19.9 Å². The standard InChI is InChI=1S/C37H40N8O5S/c1-48-31-11-7-26(8-12-31)24-44(25-27-9-13-32(49-2)14-10-27)36-38-22-28(23-39-36)34-33-15-16-45(30-6-4-5-29(21-30)42-51(3,46)47)35(33)41-37(40-34)43-17-19-50-20-18-43/h4-14,21-23,42H,15-20,24-25H2,1-3H3. The van der Waals surface area contributed by atoms with Crippen molar-refractivity contribution < 1.29 is 22.6 Å². The molecule has 2 aliphatic heterocycles. The van der Waals surface area contributed by atoms with Gasteiger partial charge in [0, 0.05) is 61.9 Å². The summed E-state index contributed by atoms with van der Waals surface area (Å²) < 4.78 is 42.9. The van der Waals surface area contributed by atoms with E-state index < -0.39 is 10.0 Å². The van der Waals surface area contributed by atoms with Gasteiger partial charge in [-0.1, -0.05) is 30.3 Å². The van der Waals surface area contributed by atoms with Crippen molar-refractivity contribution in [2.45, 2.75) is 19.5 Å². The number of benzene rings is 3. The normalized spacial score (nSPS) is 14.3. The highest BCUT2D eigenvalue weighted by Crippen LogP contribution is 2.40. The molecule has 0 saturated carbocycles. The highest BCUT2D eigenvalue weighted by Gasteiger charge is 2.30. The molecule has 0 amide bonds. The third-order valence-electron chi connectivity index (χ3n) is 8.83. The lowest BCUT2D eigenvalue weighted by Crippen LogP contribution is -2.37. The first-order valence-corrected chi connectivity index (χ1v) is 18.6. The van der Waals surface area contributed by atoms with Gasteiger partial charge in [0.25, 0.3) is 0 Å². The molecule has 1 N–H and O–H groups in total. The molecule has 0 atom stereocenters. The van der Waals surface area contributed by atoms with Crippen LogP contribution < -0.4 is 28.9 Å². The lowest BCUT2D eigenvalue weighted by atomic mass is 10.1. The molecule has 0 aliphatic carbocycles. The van der Waals surface area contributed by atoms with E-state index in [9.17, 15) is 8.42 Å². The Balaban J connectivity index is 1.23. The Bertz CT molecular complexity index is 2030. The van der Waals surface area contributed by atoms with Gasteiger partial charge < -0.3 is 28.9 Å². The Morgan fingerprint density at radius 3 is 2.06 bits per heavy atom. The molecule has 4 heterocycles. The van der Waals surface area contributed by atoms with E-state index in [4.69, 9.17) is 34.1 Å². The van der Waals surface area contributed by atoms with Gasteiger partial charge in [-0.25, -0.2) is 23.4 Å². The fourth-order valence-corrected chi connectivity index (χ4v) is 6.85. The zero-order valence-electron chi connectivity index (χ0n) is 28.8. The number of anilines is 5. The van der Waals surface area contributed by atoms with E-state index in [2.05, 4.69) is 19.4 Å². The molecule has 14 heteroatoms. The average Bonchev–Trinajstić information content (AvgIpc) is 3.59. The predicted molar refractivity (Wildman–Crippen MR) is 198 cm³/mol. The van der Waals surface area contributed by atoms with Crippen molar-refractivity contribution in [2.75, 3.05) is 72.7 Å². The lowest BCUT2D eigenvalue weighted by Gasteiger charge is -2.28. The third kappa shape index (κ3) is 7.97. The second kappa shape index (κ2) is 14.8. The lowest BCUT2D eigenvalue weighted by molar-refractivity contribution is 0.122. The molecule has 7 rings (SSSR count). The monoisotopic (exact) mass is 708 g/mol. The van der Waals surface area contributed by atoms with E-state index in [-0.39, 0.29) is 0 Å². The smallest absolute Gasteiger partial charge is 0.229 e. The SMILES string of the molecule is COc1ccc(CN(Cc2ccc(OC)cc2)c2ncc(-c3nc(N4CCOCC4)nc4c3CCN4c3cccc(NS(C)(=O)=O)c3)cn2)cc1. The van der Waals surface area contributed by atoms with Crippen LogP contribution in [0.5, 0.6) is 11.5 Å². The van der Waals surface area contributed by atoms with Crippen LogP contribution in [0.3, 0.4) is 0 Å². The summed E-state index contributed by atoms with van der Waals surface area (Å²) in [7, 11) is -0.116. The maximum Gasteiger partial charge on any atom is 0.229 e. The molecule has 1 fully saturated rings. The molecular formula is C37H40N8O5S. The molecule has 0 unspecified atom stereocenters. The van der Waals surface area contributed by atoms with E-state index in [1.807, 2.05) is 79.1 Å². The Labute approximate surface area is 297 Å². The molecule has 264 valence electrons. The highest BCUT2D eigenvalue weighted by atomic mass is 32.2. The van der Waals surface area contributed by atoms with Crippen LogP contribution in [0, 0.1) is 0 Å². The van der Waals surface area contributed by atoms with Crippen molar-refractivity contribution >= 4 is 39.1 Å². The van der Waals surface area contributed by atoms with Gasteiger partial charge in [0.05, 0.1) is 45.1 Å². The molecule has 3 aromatic carbocycles. The first-order valence-electron chi connectivity index (χ1n) is 16.7. The first kappa shape index (κ1) is 34.0. The van der Waals surface area contributed by atoms with Gasteiger partial charge in [0.15, 0.2) is 0 Å². The maximum atomic E-state index is 12.0. The van der Waals surface area contributed by atoms with Crippen molar-refractivity contribution in [1.29, 1.82) is 0 Å². The number of sulfonamides is 1. The largest absolute Gasteiger partial charge is 0.497 e. The fourth-order valence-electron chi connectivity index (χ4n) is 6.30. The number of methoxy groups -OCH3 is 2. The summed E-state index contributed by atoms with van der Waals surface area (Å²) in [6, 6.07) is 23.3.